The molecule has 4 rings (SSSR count). The van der Waals surface area contributed by atoms with Crippen molar-refractivity contribution in [2.75, 3.05) is 32.5 Å². The van der Waals surface area contributed by atoms with Gasteiger partial charge in [0.2, 0.25) is 14.9 Å². The summed E-state index contributed by atoms with van der Waals surface area (Å²) in [7, 11) is 0.0423. The third-order valence-electron chi connectivity index (χ3n) is 4.13. The number of hydrogen-bond donors (Lipinski definition) is 1. The predicted molar refractivity (Wildman–Crippen MR) is 110 cm³/mol. The van der Waals surface area contributed by atoms with Crippen molar-refractivity contribution < 1.29 is 8.42 Å². The number of benzene rings is 1. The number of likely N-dealkylation sites (N-methyl/N-ethyl adjacent to an activating group) is 1. The van der Waals surface area contributed by atoms with Crippen LogP contribution in [0, 0.1) is 0 Å². The van der Waals surface area contributed by atoms with Crippen LogP contribution in [0.5, 0.6) is 0 Å². The molecule has 0 atom stereocenters. The Hall–Kier alpha value is -2.27. The summed E-state index contributed by atoms with van der Waals surface area (Å²) in [6.07, 6.45) is 0. The Kier molecular flexibility index (Phi) is 4.96. The van der Waals surface area contributed by atoms with Crippen molar-refractivity contribution in [3.05, 3.63) is 40.7 Å². The number of anilines is 1. The second-order valence-electron chi connectivity index (χ2n) is 6.42. The van der Waals surface area contributed by atoms with Crippen LogP contribution in [0.4, 0.5) is 5.82 Å². The SMILES string of the molecule is CN(C)CCNc1nc2c(S(=O)(=O)c3cccc(Cl)c3)nnn2c2ccsc12. The van der Waals surface area contributed by atoms with Gasteiger partial charge in [-0.15, -0.1) is 16.4 Å². The number of nitrogens with one attached hydrogen (secondary N) is 1. The Morgan fingerprint density at radius 1 is 1.29 bits per heavy atom. The van der Waals surface area contributed by atoms with E-state index >= 15 is 0 Å². The molecule has 0 spiro atoms. The quantitative estimate of drug-likeness (QED) is 0.496. The van der Waals surface area contributed by atoms with Gasteiger partial charge in [-0.3, -0.25) is 0 Å². The lowest BCUT2D eigenvalue weighted by atomic mass is 10.4. The number of hydrogen-bond acceptors (Lipinski definition) is 8. The Labute approximate surface area is 170 Å². The van der Waals surface area contributed by atoms with E-state index in [1.165, 1.54) is 28.0 Å². The number of nitrogens with zero attached hydrogens (tertiary/aromatic N) is 5. The average molecular weight is 437 g/mol. The zero-order chi connectivity index (χ0) is 19.9. The summed E-state index contributed by atoms with van der Waals surface area (Å²) < 4.78 is 28.6. The maximum absolute atomic E-state index is 13.1. The van der Waals surface area contributed by atoms with Crippen molar-refractivity contribution in [3.63, 3.8) is 0 Å². The molecular weight excluding hydrogens is 420 g/mol. The summed E-state index contributed by atoms with van der Waals surface area (Å²) in [5, 5.41) is 13.3. The maximum atomic E-state index is 13.1. The zero-order valence-corrected chi connectivity index (χ0v) is 17.5. The highest BCUT2D eigenvalue weighted by molar-refractivity contribution is 7.91. The Bertz CT molecular complexity index is 1270. The van der Waals surface area contributed by atoms with Crippen molar-refractivity contribution in [3.8, 4) is 0 Å². The van der Waals surface area contributed by atoms with Gasteiger partial charge in [0.05, 0.1) is 15.1 Å². The predicted octanol–water partition coefficient (Wildman–Crippen LogP) is 2.80. The van der Waals surface area contributed by atoms with Crippen molar-refractivity contribution in [2.24, 2.45) is 0 Å². The molecule has 0 bridgehead atoms. The maximum Gasteiger partial charge on any atom is 0.229 e. The van der Waals surface area contributed by atoms with Crippen molar-refractivity contribution in [2.45, 2.75) is 9.92 Å². The van der Waals surface area contributed by atoms with Gasteiger partial charge in [0.15, 0.2) is 5.65 Å². The summed E-state index contributed by atoms with van der Waals surface area (Å²) >= 11 is 7.48. The largest absolute Gasteiger partial charge is 0.367 e. The smallest absolute Gasteiger partial charge is 0.229 e. The summed E-state index contributed by atoms with van der Waals surface area (Å²) in [6.45, 7) is 1.48. The molecule has 11 heteroatoms. The van der Waals surface area contributed by atoms with Gasteiger partial charge in [0, 0.05) is 18.1 Å². The van der Waals surface area contributed by atoms with E-state index in [2.05, 4.69) is 20.6 Å². The van der Waals surface area contributed by atoms with E-state index in [1.807, 2.05) is 30.4 Å². The Morgan fingerprint density at radius 3 is 2.86 bits per heavy atom. The standard InChI is InChI=1S/C17H17ClN6O2S2/c1-23(2)8-7-19-15-14-13(6-9-27-14)24-16(20-15)17(21-22-24)28(25,26)12-5-3-4-11(18)10-12/h3-6,9-10H,7-8H2,1-2H3,(H,19,20). The average Bonchev–Trinajstić information content (AvgIpc) is 3.28. The van der Waals surface area contributed by atoms with Crippen LogP contribution in [0.15, 0.2) is 45.6 Å². The van der Waals surface area contributed by atoms with Gasteiger partial charge in [-0.05, 0) is 43.7 Å². The summed E-state index contributed by atoms with van der Waals surface area (Å²) in [5.41, 5.74) is 0.931. The molecule has 1 N–H and O–H groups in total. The summed E-state index contributed by atoms with van der Waals surface area (Å²) in [6, 6.07) is 7.94. The molecule has 3 aromatic heterocycles. The minimum Gasteiger partial charge on any atom is -0.367 e. The van der Waals surface area contributed by atoms with E-state index < -0.39 is 9.84 Å². The van der Waals surface area contributed by atoms with Crippen LogP contribution in [0.2, 0.25) is 5.02 Å². The van der Waals surface area contributed by atoms with Gasteiger partial charge >= 0.3 is 0 Å². The van der Waals surface area contributed by atoms with E-state index in [0.717, 1.165) is 16.8 Å². The number of halogens is 1. The molecular formula is C17H17ClN6O2S2. The molecule has 0 aliphatic heterocycles. The van der Waals surface area contributed by atoms with Gasteiger partial charge in [0.25, 0.3) is 0 Å². The lowest BCUT2D eigenvalue weighted by Gasteiger charge is -2.11. The van der Waals surface area contributed by atoms with E-state index in [0.29, 0.717) is 17.4 Å². The molecule has 0 saturated heterocycles. The van der Waals surface area contributed by atoms with E-state index in [9.17, 15) is 8.42 Å². The van der Waals surface area contributed by atoms with Gasteiger partial charge in [-0.1, -0.05) is 22.9 Å². The number of rotatable bonds is 6. The minimum atomic E-state index is -3.92. The van der Waals surface area contributed by atoms with Crippen LogP contribution in [0.1, 0.15) is 0 Å². The van der Waals surface area contributed by atoms with Crippen molar-refractivity contribution in [1.29, 1.82) is 0 Å². The fourth-order valence-electron chi connectivity index (χ4n) is 2.76. The molecule has 4 aromatic rings. The molecule has 0 amide bonds. The van der Waals surface area contributed by atoms with E-state index in [-0.39, 0.29) is 15.6 Å². The molecule has 0 saturated carbocycles. The van der Waals surface area contributed by atoms with Crippen LogP contribution in [0.3, 0.4) is 0 Å². The van der Waals surface area contributed by atoms with E-state index in [4.69, 9.17) is 11.6 Å². The summed E-state index contributed by atoms with van der Waals surface area (Å²) in [4.78, 5) is 6.65. The molecule has 1 aromatic carbocycles. The normalized spacial score (nSPS) is 12.3. The molecule has 28 heavy (non-hydrogen) atoms. The third-order valence-corrected chi connectivity index (χ3v) is 6.93. The molecule has 0 unspecified atom stereocenters. The van der Waals surface area contributed by atoms with Crippen LogP contribution in [-0.2, 0) is 9.84 Å². The summed E-state index contributed by atoms with van der Waals surface area (Å²) in [5.74, 6) is 0.615. The second-order valence-corrected chi connectivity index (χ2v) is 9.63. The number of aromatic nitrogens is 4. The molecule has 0 aliphatic carbocycles. The highest BCUT2D eigenvalue weighted by atomic mass is 35.5. The van der Waals surface area contributed by atoms with Crippen LogP contribution in [-0.4, -0.2) is 60.3 Å². The van der Waals surface area contributed by atoms with Gasteiger partial charge in [0.1, 0.15) is 5.82 Å². The van der Waals surface area contributed by atoms with Gasteiger partial charge in [-0.25, -0.2) is 13.4 Å². The lowest BCUT2D eigenvalue weighted by Crippen LogP contribution is -2.21. The lowest BCUT2D eigenvalue weighted by molar-refractivity contribution is 0.425. The second kappa shape index (κ2) is 7.28. The van der Waals surface area contributed by atoms with Gasteiger partial charge in [-0.2, -0.15) is 4.52 Å². The first-order valence-electron chi connectivity index (χ1n) is 8.40. The molecule has 0 aliphatic rings. The first kappa shape index (κ1) is 19.1. The molecule has 0 radical (unpaired) electrons. The van der Waals surface area contributed by atoms with Gasteiger partial charge < -0.3 is 10.2 Å². The minimum absolute atomic E-state index is 0.0525. The monoisotopic (exact) mass is 436 g/mol. The first-order valence-corrected chi connectivity index (χ1v) is 11.1. The number of thiophene rings is 1. The fourth-order valence-corrected chi connectivity index (χ4v) is 5.13. The Morgan fingerprint density at radius 2 is 2.11 bits per heavy atom. The topological polar surface area (TPSA) is 92.5 Å². The van der Waals surface area contributed by atoms with Crippen molar-refractivity contribution in [1.82, 2.24) is 24.7 Å². The molecule has 8 nitrogen and oxygen atoms in total. The molecule has 3 heterocycles. The highest BCUT2D eigenvalue weighted by Crippen LogP contribution is 2.31. The third kappa shape index (κ3) is 3.32. The van der Waals surface area contributed by atoms with Crippen LogP contribution in [0.25, 0.3) is 15.9 Å². The fraction of sp³-hybridized carbons (Fsp3) is 0.235. The zero-order valence-electron chi connectivity index (χ0n) is 15.1. The van der Waals surface area contributed by atoms with Crippen molar-refractivity contribution >= 4 is 54.5 Å². The number of fused-ring (bicyclic) bond motifs is 3. The first-order chi connectivity index (χ1) is 13.4. The number of sulfone groups is 1. The van der Waals surface area contributed by atoms with E-state index in [1.54, 1.807) is 12.1 Å². The highest BCUT2D eigenvalue weighted by Gasteiger charge is 2.27. The molecule has 146 valence electrons. The molecule has 0 fully saturated rings. The van der Waals surface area contributed by atoms with Crippen LogP contribution >= 0.6 is 22.9 Å². The van der Waals surface area contributed by atoms with Crippen LogP contribution < -0.4 is 5.32 Å². The Balaban J connectivity index is 1.87.